The van der Waals surface area contributed by atoms with Crippen LogP contribution in [0, 0.1) is 5.92 Å². The van der Waals surface area contributed by atoms with Gasteiger partial charge in [-0.3, -0.25) is 4.79 Å². The lowest BCUT2D eigenvalue weighted by Gasteiger charge is -2.24. The van der Waals surface area contributed by atoms with Gasteiger partial charge in [0.2, 0.25) is 5.91 Å². The summed E-state index contributed by atoms with van der Waals surface area (Å²) in [5, 5.41) is 13.4. The molecule has 0 atom stereocenters. The van der Waals surface area contributed by atoms with Gasteiger partial charge in [0, 0.05) is 28.4 Å². The predicted octanol–water partition coefficient (Wildman–Crippen LogP) is 7.50. The molecular weight excluding hydrogens is 510 g/mol. The minimum absolute atomic E-state index is 0.0973. The summed E-state index contributed by atoms with van der Waals surface area (Å²) in [6.07, 6.45) is 0.771. The third-order valence-corrected chi connectivity index (χ3v) is 6.70. The maximum Gasteiger partial charge on any atom is 0.322 e. The maximum atomic E-state index is 13.4. The molecule has 0 unspecified atom stereocenters. The number of hydrogen-bond acceptors (Lipinski definition) is 3. The number of anilines is 2. The Morgan fingerprint density at radius 2 is 1.67 bits per heavy atom. The molecule has 0 aliphatic heterocycles. The van der Waals surface area contributed by atoms with Crippen molar-refractivity contribution in [2.45, 2.75) is 46.5 Å². The first-order valence-corrected chi connectivity index (χ1v) is 13.6. The normalized spacial score (nSPS) is 11.6. The molecule has 1 heterocycles. The molecule has 0 aliphatic rings. The van der Waals surface area contributed by atoms with Crippen LogP contribution in [0.25, 0.3) is 16.5 Å². The van der Waals surface area contributed by atoms with Crippen LogP contribution in [-0.4, -0.2) is 39.7 Å². The lowest BCUT2D eigenvalue weighted by atomic mass is 9.92. The lowest BCUT2D eigenvalue weighted by Crippen LogP contribution is -2.41. The third kappa shape index (κ3) is 7.18. The van der Waals surface area contributed by atoms with Crippen molar-refractivity contribution >= 4 is 45.8 Å². The van der Waals surface area contributed by atoms with E-state index in [4.69, 9.17) is 16.7 Å². The number of nitrogens with zero attached hydrogens (tertiary/aromatic N) is 3. The molecule has 8 heteroatoms. The smallest absolute Gasteiger partial charge is 0.315 e. The van der Waals surface area contributed by atoms with E-state index < -0.39 is 0 Å². The first-order chi connectivity index (χ1) is 18.5. The van der Waals surface area contributed by atoms with Crippen LogP contribution in [0.5, 0.6) is 0 Å². The SMILES string of the molecule is CC(C)CCN(CC(=O)Nc1cc(C(C)(C)C)nn1-c1ccc(Cl)cc1)C(=O)Nc1cccc2ccccc12. The van der Waals surface area contributed by atoms with Gasteiger partial charge in [0.05, 0.1) is 17.1 Å². The van der Waals surface area contributed by atoms with E-state index in [1.54, 1.807) is 21.7 Å². The zero-order valence-corrected chi connectivity index (χ0v) is 23.9. The van der Waals surface area contributed by atoms with Crippen molar-refractivity contribution in [1.29, 1.82) is 0 Å². The molecule has 0 radical (unpaired) electrons. The number of rotatable bonds is 8. The second-order valence-electron chi connectivity index (χ2n) is 11.2. The van der Waals surface area contributed by atoms with E-state index >= 15 is 0 Å². The minimum Gasteiger partial charge on any atom is -0.315 e. The summed E-state index contributed by atoms with van der Waals surface area (Å²) >= 11 is 6.09. The van der Waals surface area contributed by atoms with Crippen molar-refractivity contribution in [1.82, 2.24) is 14.7 Å². The number of fused-ring (bicyclic) bond motifs is 1. The van der Waals surface area contributed by atoms with E-state index in [2.05, 4.69) is 45.3 Å². The summed E-state index contributed by atoms with van der Waals surface area (Å²) in [6, 6.07) is 22.5. The average Bonchev–Trinajstić information content (AvgIpc) is 3.31. The average molecular weight is 546 g/mol. The fourth-order valence-electron chi connectivity index (χ4n) is 4.17. The standard InChI is InChI=1S/C31H36ClN5O2/c1-21(2)17-18-36(30(39)33-26-12-8-10-22-9-6-7-11-25(22)26)20-29(38)34-28-19-27(31(3,4)5)35-37(28)24-15-13-23(32)14-16-24/h6-16,19,21H,17-18,20H2,1-5H3,(H,33,39)(H,34,38). The first kappa shape index (κ1) is 28.2. The van der Waals surface area contributed by atoms with Gasteiger partial charge in [0.15, 0.2) is 0 Å². The van der Waals surface area contributed by atoms with Crippen LogP contribution in [0.2, 0.25) is 5.02 Å². The van der Waals surface area contributed by atoms with Crippen molar-refractivity contribution in [3.8, 4) is 5.69 Å². The van der Waals surface area contributed by atoms with Gasteiger partial charge in [-0.15, -0.1) is 0 Å². The Balaban J connectivity index is 1.56. The third-order valence-electron chi connectivity index (χ3n) is 6.45. The van der Waals surface area contributed by atoms with Crippen molar-refractivity contribution in [2.75, 3.05) is 23.7 Å². The number of aromatic nitrogens is 2. The van der Waals surface area contributed by atoms with E-state index in [9.17, 15) is 9.59 Å². The Hall–Kier alpha value is -3.84. The fraction of sp³-hybridized carbons (Fsp3) is 0.323. The molecular formula is C31H36ClN5O2. The van der Waals surface area contributed by atoms with Crippen LogP contribution in [-0.2, 0) is 10.2 Å². The van der Waals surface area contributed by atoms with Gasteiger partial charge < -0.3 is 15.5 Å². The summed E-state index contributed by atoms with van der Waals surface area (Å²) in [5.74, 6) is 0.606. The molecule has 0 saturated carbocycles. The van der Waals surface area contributed by atoms with Gasteiger partial charge in [-0.25, -0.2) is 9.48 Å². The molecule has 204 valence electrons. The van der Waals surface area contributed by atoms with Gasteiger partial charge in [0.25, 0.3) is 0 Å². The molecule has 7 nitrogen and oxygen atoms in total. The Morgan fingerprint density at radius 3 is 2.36 bits per heavy atom. The van der Waals surface area contributed by atoms with E-state index in [0.717, 1.165) is 28.6 Å². The zero-order valence-electron chi connectivity index (χ0n) is 23.2. The number of carbonyl (C=O) groups is 2. The first-order valence-electron chi connectivity index (χ1n) is 13.2. The number of carbonyl (C=O) groups excluding carboxylic acids is 2. The molecule has 0 bridgehead atoms. The second kappa shape index (κ2) is 11.9. The van der Waals surface area contributed by atoms with Crippen LogP contribution in [0.15, 0.2) is 72.8 Å². The summed E-state index contributed by atoms with van der Waals surface area (Å²) in [5.41, 5.74) is 2.09. The van der Waals surface area contributed by atoms with Crippen LogP contribution in [0.1, 0.15) is 46.7 Å². The topological polar surface area (TPSA) is 79.3 Å². The molecule has 4 rings (SSSR count). The highest BCUT2D eigenvalue weighted by molar-refractivity contribution is 6.30. The monoisotopic (exact) mass is 545 g/mol. The van der Waals surface area contributed by atoms with Crippen LogP contribution in [0.3, 0.4) is 0 Å². The Morgan fingerprint density at radius 1 is 0.974 bits per heavy atom. The Bertz CT molecular complexity index is 1450. The van der Waals surface area contributed by atoms with E-state index in [0.29, 0.717) is 29.0 Å². The highest BCUT2D eigenvalue weighted by Gasteiger charge is 2.23. The number of hydrogen-bond donors (Lipinski definition) is 2. The van der Waals surface area contributed by atoms with Crippen LogP contribution >= 0.6 is 11.6 Å². The number of amides is 3. The van der Waals surface area contributed by atoms with Gasteiger partial charge >= 0.3 is 6.03 Å². The quantitative estimate of drug-likeness (QED) is 0.240. The highest BCUT2D eigenvalue weighted by atomic mass is 35.5. The van der Waals surface area contributed by atoms with Crippen LogP contribution < -0.4 is 10.6 Å². The molecule has 3 aromatic carbocycles. The van der Waals surface area contributed by atoms with Gasteiger partial charge in [0.1, 0.15) is 12.4 Å². The van der Waals surface area contributed by atoms with Crippen molar-refractivity contribution in [3.63, 3.8) is 0 Å². The predicted molar refractivity (Wildman–Crippen MR) is 160 cm³/mol. The molecule has 0 fully saturated rings. The fourth-order valence-corrected chi connectivity index (χ4v) is 4.29. The summed E-state index contributed by atoms with van der Waals surface area (Å²) in [6.45, 7) is 10.7. The molecule has 0 saturated heterocycles. The molecule has 4 aromatic rings. The Labute approximate surface area is 235 Å². The van der Waals surface area contributed by atoms with Gasteiger partial charge in [-0.2, -0.15) is 5.10 Å². The van der Waals surface area contributed by atoms with E-state index in [-0.39, 0.29) is 23.9 Å². The molecule has 1 aromatic heterocycles. The van der Waals surface area contributed by atoms with E-state index in [1.165, 1.54) is 0 Å². The van der Waals surface area contributed by atoms with Crippen molar-refractivity contribution < 1.29 is 9.59 Å². The molecule has 2 N–H and O–H groups in total. The molecule has 0 spiro atoms. The largest absolute Gasteiger partial charge is 0.322 e. The molecule has 0 aliphatic carbocycles. The number of halogens is 1. The van der Waals surface area contributed by atoms with Crippen molar-refractivity contribution in [3.05, 3.63) is 83.5 Å². The minimum atomic E-state index is -0.316. The number of nitrogens with one attached hydrogen (secondary N) is 2. The second-order valence-corrected chi connectivity index (χ2v) is 11.6. The molecule has 39 heavy (non-hydrogen) atoms. The van der Waals surface area contributed by atoms with Gasteiger partial charge in [-0.05, 0) is 48.1 Å². The molecule has 3 amide bonds. The summed E-state index contributed by atoms with van der Waals surface area (Å²) in [7, 11) is 0. The Kier molecular flexibility index (Phi) is 8.60. The van der Waals surface area contributed by atoms with Crippen LogP contribution in [0.4, 0.5) is 16.3 Å². The number of benzene rings is 3. The maximum absolute atomic E-state index is 13.4. The van der Waals surface area contributed by atoms with Crippen molar-refractivity contribution in [2.24, 2.45) is 5.92 Å². The number of urea groups is 1. The lowest BCUT2D eigenvalue weighted by molar-refractivity contribution is -0.116. The van der Waals surface area contributed by atoms with E-state index in [1.807, 2.05) is 60.7 Å². The van der Waals surface area contributed by atoms with Gasteiger partial charge in [-0.1, -0.05) is 82.6 Å². The summed E-state index contributed by atoms with van der Waals surface area (Å²) < 4.78 is 1.70. The zero-order chi connectivity index (χ0) is 28.2. The summed E-state index contributed by atoms with van der Waals surface area (Å²) in [4.78, 5) is 28.3. The highest BCUT2D eigenvalue weighted by Crippen LogP contribution is 2.27.